The Balaban J connectivity index is 1.91. The minimum atomic E-state index is -3.86. The average Bonchev–Trinajstić information content (AvgIpc) is 3.22. The SMILES string of the molecule is CC(C)(C)OC(=O)N1CCC[C@H]1CC(O)C(C)([Se]c1ccccc1)S(=O)(=O)c1ccccc1. The summed E-state index contributed by atoms with van der Waals surface area (Å²) in [7, 11) is -3.86. The molecule has 0 spiro atoms. The third kappa shape index (κ3) is 5.99. The number of hydrogen-bond donors (Lipinski definition) is 1. The van der Waals surface area contributed by atoms with E-state index < -0.39 is 46.2 Å². The van der Waals surface area contributed by atoms with Crippen LogP contribution in [0.4, 0.5) is 4.79 Å². The molecule has 3 rings (SSSR count). The van der Waals surface area contributed by atoms with Crippen molar-refractivity contribution in [3.63, 3.8) is 0 Å². The molecule has 33 heavy (non-hydrogen) atoms. The molecule has 2 aromatic carbocycles. The van der Waals surface area contributed by atoms with E-state index >= 15 is 0 Å². The van der Waals surface area contributed by atoms with Crippen LogP contribution in [0.25, 0.3) is 0 Å². The Labute approximate surface area is 203 Å². The quantitative estimate of drug-likeness (QED) is 0.547. The Hall–Kier alpha value is -1.86. The molecule has 180 valence electrons. The van der Waals surface area contributed by atoms with Gasteiger partial charge in [-0.25, -0.2) is 0 Å². The van der Waals surface area contributed by atoms with Crippen LogP contribution in [0, 0.1) is 0 Å². The molecule has 1 N–H and O–H groups in total. The Kier molecular flexibility index (Phi) is 7.95. The summed E-state index contributed by atoms with van der Waals surface area (Å²) in [5.41, 5.74) is -0.621. The molecule has 8 heteroatoms. The van der Waals surface area contributed by atoms with Crippen molar-refractivity contribution in [1.29, 1.82) is 0 Å². The molecule has 1 aliphatic heterocycles. The van der Waals surface area contributed by atoms with Crippen LogP contribution in [0.2, 0.25) is 0 Å². The average molecular weight is 539 g/mol. The van der Waals surface area contributed by atoms with Crippen molar-refractivity contribution < 1.29 is 23.1 Å². The second-order valence-corrected chi connectivity index (χ2v) is 15.6. The van der Waals surface area contributed by atoms with Crippen LogP contribution >= 0.6 is 0 Å². The van der Waals surface area contributed by atoms with E-state index in [4.69, 9.17) is 4.74 Å². The molecule has 1 fully saturated rings. The van der Waals surface area contributed by atoms with Gasteiger partial charge in [-0.15, -0.1) is 0 Å². The fourth-order valence-corrected chi connectivity index (χ4v) is 9.40. The second kappa shape index (κ2) is 10.2. The van der Waals surface area contributed by atoms with Crippen molar-refractivity contribution in [3.8, 4) is 0 Å². The third-order valence-electron chi connectivity index (χ3n) is 5.76. The minimum absolute atomic E-state index is 0.177. The number of ether oxygens (including phenoxy) is 1. The molecular weight excluding hydrogens is 505 g/mol. The number of amides is 1. The summed E-state index contributed by atoms with van der Waals surface area (Å²) in [6.07, 6.45) is 0.101. The molecule has 6 nitrogen and oxygen atoms in total. The number of aliphatic hydroxyl groups excluding tert-OH is 1. The van der Waals surface area contributed by atoms with Gasteiger partial charge in [0.2, 0.25) is 0 Å². The van der Waals surface area contributed by atoms with Gasteiger partial charge in [-0.3, -0.25) is 0 Å². The zero-order chi connectivity index (χ0) is 24.3. The van der Waals surface area contributed by atoms with Gasteiger partial charge in [0.25, 0.3) is 0 Å². The first-order valence-corrected chi connectivity index (χ1v) is 14.3. The van der Waals surface area contributed by atoms with E-state index in [9.17, 15) is 18.3 Å². The molecule has 1 heterocycles. The molecule has 1 amide bonds. The molecule has 2 aromatic rings. The Morgan fingerprint density at radius 3 is 2.24 bits per heavy atom. The van der Waals surface area contributed by atoms with Crippen LogP contribution in [-0.2, 0) is 14.6 Å². The van der Waals surface area contributed by atoms with Crippen LogP contribution in [0.1, 0.15) is 47.0 Å². The summed E-state index contributed by atoms with van der Waals surface area (Å²) in [5, 5.41) is 11.5. The number of rotatable bonds is 7. The fraction of sp³-hybridized carbons (Fsp3) is 0.480. The number of benzene rings is 2. The number of sulfone groups is 1. The van der Waals surface area contributed by atoms with Crippen molar-refractivity contribution in [2.24, 2.45) is 0 Å². The molecule has 1 aliphatic rings. The zero-order valence-corrected chi connectivity index (χ0v) is 22.1. The van der Waals surface area contributed by atoms with Crippen LogP contribution in [0.15, 0.2) is 65.6 Å². The van der Waals surface area contributed by atoms with Crippen molar-refractivity contribution >= 4 is 35.3 Å². The Morgan fingerprint density at radius 1 is 1.09 bits per heavy atom. The third-order valence-corrected chi connectivity index (χ3v) is 12.3. The fourth-order valence-electron chi connectivity index (χ4n) is 3.97. The normalized spacial score (nSPS) is 19.7. The first kappa shape index (κ1) is 25.8. The zero-order valence-electron chi connectivity index (χ0n) is 19.6. The predicted octanol–water partition coefficient (Wildman–Crippen LogP) is 3.36. The van der Waals surface area contributed by atoms with Gasteiger partial charge >= 0.3 is 204 Å². The van der Waals surface area contributed by atoms with Gasteiger partial charge in [0.15, 0.2) is 0 Å². The maximum absolute atomic E-state index is 13.8. The topological polar surface area (TPSA) is 83.9 Å². The van der Waals surface area contributed by atoms with E-state index in [1.807, 2.05) is 51.1 Å². The van der Waals surface area contributed by atoms with Gasteiger partial charge in [0.1, 0.15) is 0 Å². The summed E-state index contributed by atoms with van der Waals surface area (Å²) in [6.45, 7) is 7.63. The van der Waals surface area contributed by atoms with Crippen LogP contribution in [-0.4, -0.2) is 67.4 Å². The van der Waals surface area contributed by atoms with Gasteiger partial charge in [0.05, 0.1) is 0 Å². The van der Waals surface area contributed by atoms with E-state index in [1.54, 1.807) is 42.2 Å². The molecule has 1 saturated heterocycles. The molecular formula is C25H33NO5SSe. The molecule has 2 unspecified atom stereocenters. The van der Waals surface area contributed by atoms with Crippen molar-refractivity contribution in [2.45, 2.75) is 73.2 Å². The summed E-state index contributed by atoms with van der Waals surface area (Å²) in [4.78, 5) is 14.6. The van der Waals surface area contributed by atoms with Crippen molar-refractivity contribution in [3.05, 3.63) is 60.7 Å². The molecule has 0 aliphatic carbocycles. The summed E-state index contributed by atoms with van der Waals surface area (Å²) in [6, 6.07) is 17.5. The first-order chi connectivity index (χ1) is 15.4. The summed E-state index contributed by atoms with van der Waals surface area (Å²) >= 11 is -0.572. The van der Waals surface area contributed by atoms with Crippen molar-refractivity contribution in [1.82, 2.24) is 4.90 Å². The number of hydrogen-bond acceptors (Lipinski definition) is 5. The first-order valence-electron chi connectivity index (χ1n) is 11.2. The summed E-state index contributed by atoms with van der Waals surface area (Å²) < 4.78 is 32.7. The monoisotopic (exact) mass is 539 g/mol. The van der Waals surface area contributed by atoms with Gasteiger partial charge in [-0.05, 0) is 0 Å². The van der Waals surface area contributed by atoms with Crippen molar-refractivity contribution in [2.75, 3.05) is 6.54 Å². The van der Waals surface area contributed by atoms with Gasteiger partial charge in [-0.1, -0.05) is 0 Å². The van der Waals surface area contributed by atoms with Crippen LogP contribution in [0.5, 0.6) is 0 Å². The van der Waals surface area contributed by atoms with Gasteiger partial charge < -0.3 is 0 Å². The number of likely N-dealkylation sites (tertiary alicyclic amines) is 1. The second-order valence-electron chi connectivity index (χ2n) is 9.47. The maximum atomic E-state index is 13.8. The number of aliphatic hydroxyl groups is 1. The van der Waals surface area contributed by atoms with Gasteiger partial charge in [-0.2, -0.15) is 0 Å². The van der Waals surface area contributed by atoms with Crippen LogP contribution < -0.4 is 4.46 Å². The van der Waals surface area contributed by atoms with E-state index in [0.717, 1.165) is 10.9 Å². The Morgan fingerprint density at radius 2 is 1.67 bits per heavy atom. The van der Waals surface area contributed by atoms with E-state index in [-0.39, 0.29) is 17.4 Å². The number of nitrogens with zero attached hydrogens (tertiary/aromatic N) is 1. The van der Waals surface area contributed by atoms with Crippen LogP contribution in [0.3, 0.4) is 0 Å². The molecule has 0 aromatic heterocycles. The molecule has 0 saturated carbocycles. The summed E-state index contributed by atoms with van der Waals surface area (Å²) in [5.74, 6) is 0. The molecule has 0 radical (unpaired) electrons. The van der Waals surface area contributed by atoms with E-state index in [0.29, 0.717) is 13.0 Å². The molecule has 0 bridgehead atoms. The predicted molar refractivity (Wildman–Crippen MR) is 130 cm³/mol. The number of carbonyl (C=O) groups is 1. The number of carbonyl (C=O) groups excluding carboxylic acids is 1. The molecule has 3 atom stereocenters. The van der Waals surface area contributed by atoms with E-state index in [1.165, 1.54) is 0 Å². The van der Waals surface area contributed by atoms with E-state index in [2.05, 4.69) is 0 Å². The standard InChI is InChI=1S/C25H33NO5SSe/c1-24(2,3)31-23(28)26-17-11-12-19(26)18-22(27)25(4,33-21-15-9-6-10-16-21)32(29,30)20-13-7-5-8-14-20/h5-10,13-16,19,22,27H,11-12,17-18H2,1-4H3/t19-,22?,25?/m0/s1. The Bertz CT molecular complexity index is 1040. The van der Waals surface area contributed by atoms with Gasteiger partial charge in [0, 0.05) is 0 Å².